The Hall–Kier alpha value is -2.64. The van der Waals surface area contributed by atoms with Gasteiger partial charge in [-0.25, -0.2) is 4.79 Å². The van der Waals surface area contributed by atoms with Gasteiger partial charge in [0.05, 0.1) is 23.3 Å². The number of nitrogens with zero attached hydrogens (tertiary/aromatic N) is 1. The van der Waals surface area contributed by atoms with Gasteiger partial charge in [0.1, 0.15) is 5.75 Å². The minimum atomic E-state index is -1.39. The summed E-state index contributed by atoms with van der Waals surface area (Å²) in [4.78, 5) is 31.8. The van der Waals surface area contributed by atoms with E-state index in [0.717, 1.165) is 12.1 Å². The number of carboxylic acid groups (broad SMARTS) is 1. The van der Waals surface area contributed by atoms with E-state index in [1.165, 1.54) is 14.0 Å². The van der Waals surface area contributed by atoms with Crippen molar-refractivity contribution in [1.82, 2.24) is 0 Å². The molecule has 1 aromatic carbocycles. The van der Waals surface area contributed by atoms with Crippen molar-refractivity contribution >= 4 is 23.3 Å². The highest BCUT2D eigenvalue weighted by Crippen LogP contribution is 2.33. The van der Waals surface area contributed by atoms with Crippen LogP contribution in [-0.2, 0) is 0 Å². The fourth-order valence-electron chi connectivity index (χ4n) is 1.38. The highest BCUT2D eigenvalue weighted by atomic mass is 16.6. The van der Waals surface area contributed by atoms with Crippen LogP contribution in [0.4, 0.5) is 16.2 Å². The molecule has 0 radical (unpaired) electrons. The molecule has 0 saturated heterocycles. The Balaban J connectivity index is 3.45. The first kappa shape index (κ1) is 13.4. The van der Waals surface area contributed by atoms with Gasteiger partial charge < -0.3 is 9.84 Å². The van der Waals surface area contributed by atoms with Crippen molar-refractivity contribution in [3.8, 4) is 5.75 Å². The molecule has 0 spiro atoms. The predicted molar refractivity (Wildman–Crippen MR) is 61.3 cm³/mol. The standard InChI is InChI=1S/C10H10N2O6/c1-5(13)6-3-9(18-2)7(11-10(14)15)4-8(6)12(16)17/h3-4,11H,1-2H3,(H,14,15). The number of Topliss-reactive ketones (excluding diaryl/α,β-unsaturated/α-hetero) is 1. The van der Waals surface area contributed by atoms with Crippen molar-refractivity contribution in [2.45, 2.75) is 6.92 Å². The molecule has 0 bridgehead atoms. The smallest absolute Gasteiger partial charge is 0.409 e. The van der Waals surface area contributed by atoms with Crippen LogP contribution in [0.1, 0.15) is 17.3 Å². The van der Waals surface area contributed by atoms with Gasteiger partial charge in [-0.3, -0.25) is 20.2 Å². The van der Waals surface area contributed by atoms with Gasteiger partial charge in [-0.05, 0) is 13.0 Å². The summed E-state index contributed by atoms with van der Waals surface area (Å²) in [5.74, 6) is -0.477. The van der Waals surface area contributed by atoms with Crippen LogP contribution in [0.2, 0.25) is 0 Å². The Labute approximate surface area is 101 Å². The SMILES string of the molecule is COc1cc(C(C)=O)c([N+](=O)[O-])cc1NC(=O)O. The first-order chi connectivity index (χ1) is 8.36. The Morgan fingerprint density at radius 2 is 2.06 bits per heavy atom. The van der Waals surface area contributed by atoms with Crippen molar-refractivity contribution in [2.75, 3.05) is 12.4 Å². The average Bonchev–Trinajstić information content (AvgIpc) is 2.27. The Kier molecular flexibility index (Phi) is 3.82. The van der Waals surface area contributed by atoms with Crippen LogP contribution in [0.5, 0.6) is 5.75 Å². The first-order valence-corrected chi connectivity index (χ1v) is 4.74. The number of methoxy groups -OCH3 is 1. The zero-order valence-corrected chi connectivity index (χ0v) is 9.59. The molecule has 0 atom stereocenters. The molecule has 96 valence electrons. The van der Waals surface area contributed by atoms with Gasteiger partial charge in [-0.15, -0.1) is 0 Å². The maximum atomic E-state index is 11.3. The highest BCUT2D eigenvalue weighted by molar-refractivity contribution is 6.00. The molecule has 0 unspecified atom stereocenters. The van der Waals surface area contributed by atoms with Gasteiger partial charge in [-0.1, -0.05) is 0 Å². The molecule has 8 nitrogen and oxygen atoms in total. The molecule has 1 amide bonds. The van der Waals surface area contributed by atoms with Crippen LogP contribution in [-0.4, -0.2) is 29.0 Å². The summed E-state index contributed by atoms with van der Waals surface area (Å²) >= 11 is 0. The number of carbonyl (C=O) groups excluding carboxylic acids is 1. The van der Waals surface area contributed by atoms with E-state index >= 15 is 0 Å². The minimum absolute atomic E-state index is 0.0354. The summed E-state index contributed by atoms with van der Waals surface area (Å²) in [6.07, 6.45) is -1.39. The highest BCUT2D eigenvalue weighted by Gasteiger charge is 2.22. The molecular weight excluding hydrogens is 244 g/mol. The average molecular weight is 254 g/mol. The van der Waals surface area contributed by atoms with E-state index in [4.69, 9.17) is 9.84 Å². The minimum Gasteiger partial charge on any atom is -0.495 e. The van der Waals surface area contributed by atoms with E-state index in [1.54, 1.807) is 0 Å². The van der Waals surface area contributed by atoms with Crippen LogP contribution < -0.4 is 10.1 Å². The monoisotopic (exact) mass is 254 g/mol. The second kappa shape index (κ2) is 5.13. The van der Waals surface area contributed by atoms with Crippen LogP contribution >= 0.6 is 0 Å². The number of nitro benzene ring substituents is 1. The molecular formula is C10H10N2O6. The van der Waals surface area contributed by atoms with Crippen molar-refractivity contribution in [1.29, 1.82) is 0 Å². The Morgan fingerprint density at radius 3 is 2.44 bits per heavy atom. The summed E-state index contributed by atoms with van der Waals surface area (Å²) in [5.41, 5.74) is -0.721. The molecule has 1 rings (SSSR count). The third-order valence-electron chi connectivity index (χ3n) is 2.14. The molecule has 2 N–H and O–H groups in total. The van der Waals surface area contributed by atoms with Crippen LogP contribution in [0, 0.1) is 10.1 Å². The van der Waals surface area contributed by atoms with Gasteiger partial charge >= 0.3 is 6.09 Å². The number of benzene rings is 1. The van der Waals surface area contributed by atoms with Crippen LogP contribution in [0.25, 0.3) is 0 Å². The van der Waals surface area contributed by atoms with E-state index in [1.807, 2.05) is 5.32 Å². The number of nitro groups is 1. The summed E-state index contributed by atoms with van der Waals surface area (Å²) in [6.45, 7) is 1.17. The number of carbonyl (C=O) groups is 2. The molecule has 0 saturated carbocycles. The van der Waals surface area contributed by atoms with Crippen molar-refractivity contribution < 1.29 is 24.4 Å². The van der Waals surface area contributed by atoms with Gasteiger partial charge in [0.2, 0.25) is 0 Å². The second-order valence-electron chi connectivity index (χ2n) is 3.31. The lowest BCUT2D eigenvalue weighted by Crippen LogP contribution is -2.10. The molecule has 0 aliphatic carbocycles. The summed E-state index contributed by atoms with van der Waals surface area (Å²) in [6, 6.07) is 2.08. The third-order valence-corrected chi connectivity index (χ3v) is 2.14. The quantitative estimate of drug-likeness (QED) is 0.481. The maximum absolute atomic E-state index is 11.3. The van der Waals surface area contributed by atoms with E-state index in [2.05, 4.69) is 0 Å². The summed E-state index contributed by atoms with van der Waals surface area (Å²) in [7, 11) is 1.26. The molecule has 1 aromatic rings. The van der Waals surface area contributed by atoms with Crippen molar-refractivity contribution in [3.63, 3.8) is 0 Å². The Bertz CT molecular complexity index is 525. The first-order valence-electron chi connectivity index (χ1n) is 4.74. The van der Waals surface area contributed by atoms with E-state index in [0.29, 0.717) is 0 Å². The normalized spacial score (nSPS) is 9.67. The van der Waals surface area contributed by atoms with E-state index in [-0.39, 0.29) is 17.0 Å². The molecule has 0 aliphatic rings. The molecule has 0 aromatic heterocycles. The summed E-state index contributed by atoms with van der Waals surface area (Å²) in [5, 5.41) is 21.4. The molecule has 18 heavy (non-hydrogen) atoms. The summed E-state index contributed by atoms with van der Waals surface area (Å²) < 4.78 is 4.87. The molecule has 0 fully saturated rings. The van der Waals surface area contributed by atoms with Gasteiger partial charge in [0.25, 0.3) is 5.69 Å². The number of anilines is 1. The van der Waals surface area contributed by atoms with Gasteiger partial charge in [-0.2, -0.15) is 0 Å². The maximum Gasteiger partial charge on any atom is 0.409 e. The van der Waals surface area contributed by atoms with Crippen LogP contribution in [0.3, 0.4) is 0 Å². The number of ether oxygens (including phenoxy) is 1. The Morgan fingerprint density at radius 1 is 1.44 bits per heavy atom. The van der Waals surface area contributed by atoms with Crippen molar-refractivity contribution in [2.24, 2.45) is 0 Å². The van der Waals surface area contributed by atoms with E-state index in [9.17, 15) is 19.7 Å². The van der Waals surface area contributed by atoms with Gasteiger partial charge in [0.15, 0.2) is 5.78 Å². The van der Waals surface area contributed by atoms with E-state index < -0.39 is 22.5 Å². The third kappa shape index (κ3) is 2.73. The fourth-order valence-corrected chi connectivity index (χ4v) is 1.38. The van der Waals surface area contributed by atoms with Gasteiger partial charge in [0, 0.05) is 6.07 Å². The lowest BCUT2D eigenvalue weighted by molar-refractivity contribution is -0.385. The fraction of sp³-hybridized carbons (Fsp3) is 0.200. The number of rotatable bonds is 4. The molecule has 0 aliphatic heterocycles. The lowest BCUT2D eigenvalue weighted by Gasteiger charge is -2.09. The second-order valence-corrected chi connectivity index (χ2v) is 3.31. The largest absolute Gasteiger partial charge is 0.495 e. The lowest BCUT2D eigenvalue weighted by atomic mass is 10.1. The number of nitrogens with one attached hydrogen (secondary N) is 1. The predicted octanol–water partition coefficient (Wildman–Crippen LogP) is 1.90. The number of amides is 1. The molecule has 8 heteroatoms. The molecule has 0 heterocycles. The number of hydrogen-bond acceptors (Lipinski definition) is 5. The number of ketones is 1. The van der Waals surface area contributed by atoms with Crippen LogP contribution in [0.15, 0.2) is 12.1 Å². The zero-order valence-electron chi connectivity index (χ0n) is 9.59. The number of hydrogen-bond donors (Lipinski definition) is 2. The topological polar surface area (TPSA) is 119 Å². The zero-order chi connectivity index (χ0) is 13.9. The van der Waals surface area contributed by atoms with Crippen molar-refractivity contribution in [3.05, 3.63) is 27.8 Å².